The Kier molecular flexibility index (Phi) is 4.37. The largest absolute Gasteiger partial charge is 0.468 e. The molecule has 1 saturated heterocycles. The van der Waals surface area contributed by atoms with Gasteiger partial charge in [0.05, 0.1) is 20.7 Å². The van der Waals surface area contributed by atoms with Crippen molar-refractivity contribution in [2.45, 2.75) is 31.2 Å². The number of ether oxygens (including phenoxy) is 1. The standard InChI is InChI=1S/C15H21NO2/c1-16-11-7-6-10-13(16)14(15(17)18-2)12-8-4-3-5-9-12/h3-5,8-9,13-14H,6-7,10-11H2,1-2H3/p+1/t13-,14-/m1/s1. The number of carbonyl (C=O) groups excluding carboxylic acids is 1. The minimum atomic E-state index is -0.128. The van der Waals surface area contributed by atoms with Crippen LogP contribution >= 0.6 is 0 Å². The van der Waals surface area contributed by atoms with E-state index < -0.39 is 0 Å². The summed E-state index contributed by atoms with van der Waals surface area (Å²) in [7, 11) is 3.67. The molecule has 18 heavy (non-hydrogen) atoms. The second-order valence-electron chi connectivity index (χ2n) is 5.11. The molecule has 1 aliphatic rings. The number of nitrogens with one attached hydrogen (secondary N) is 1. The van der Waals surface area contributed by atoms with E-state index in [2.05, 4.69) is 7.05 Å². The molecule has 3 atom stereocenters. The van der Waals surface area contributed by atoms with Crippen molar-refractivity contribution in [2.75, 3.05) is 20.7 Å². The summed E-state index contributed by atoms with van der Waals surface area (Å²) < 4.78 is 5.02. The van der Waals surface area contributed by atoms with Crippen molar-refractivity contribution in [2.24, 2.45) is 0 Å². The van der Waals surface area contributed by atoms with Crippen LogP contribution in [0.2, 0.25) is 0 Å². The molecule has 1 aliphatic heterocycles. The van der Waals surface area contributed by atoms with Crippen LogP contribution in [0.4, 0.5) is 0 Å². The van der Waals surface area contributed by atoms with E-state index in [9.17, 15) is 4.79 Å². The molecule has 98 valence electrons. The first-order valence-corrected chi connectivity index (χ1v) is 6.69. The second kappa shape index (κ2) is 6.01. The number of piperidine rings is 1. The molecule has 1 unspecified atom stereocenters. The van der Waals surface area contributed by atoms with E-state index in [1.807, 2.05) is 30.3 Å². The van der Waals surface area contributed by atoms with Gasteiger partial charge in [-0.25, -0.2) is 0 Å². The lowest BCUT2D eigenvalue weighted by Crippen LogP contribution is -3.14. The lowest BCUT2D eigenvalue weighted by atomic mass is 9.85. The first kappa shape index (κ1) is 13.1. The molecule has 1 aromatic rings. The van der Waals surface area contributed by atoms with Crippen LogP contribution in [0.5, 0.6) is 0 Å². The third kappa shape index (κ3) is 2.72. The molecule has 2 rings (SSSR count). The summed E-state index contributed by atoms with van der Waals surface area (Å²) in [6.07, 6.45) is 3.56. The molecule has 1 aromatic carbocycles. The number of likely N-dealkylation sites (N-methyl/N-ethyl adjacent to an activating group) is 1. The number of carbonyl (C=O) groups is 1. The summed E-state index contributed by atoms with van der Waals surface area (Å²) in [6, 6.07) is 10.4. The molecule has 0 aliphatic carbocycles. The van der Waals surface area contributed by atoms with Crippen LogP contribution in [0.25, 0.3) is 0 Å². The van der Waals surface area contributed by atoms with Gasteiger partial charge >= 0.3 is 5.97 Å². The molecule has 1 heterocycles. The van der Waals surface area contributed by atoms with Crippen molar-refractivity contribution in [1.82, 2.24) is 0 Å². The Labute approximate surface area is 109 Å². The molecule has 0 aromatic heterocycles. The SMILES string of the molecule is COC(=O)[C@H](c1ccccc1)[C@H]1CCCC[NH+]1C. The Balaban J connectivity index is 2.27. The first-order valence-electron chi connectivity index (χ1n) is 6.69. The summed E-state index contributed by atoms with van der Waals surface area (Å²) >= 11 is 0. The van der Waals surface area contributed by atoms with Crippen molar-refractivity contribution < 1.29 is 14.4 Å². The Morgan fingerprint density at radius 1 is 1.33 bits per heavy atom. The summed E-state index contributed by atoms with van der Waals surface area (Å²) in [5, 5.41) is 0. The van der Waals surface area contributed by atoms with E-state index in [0.717, 1.165) is 18.5 Å². The van der Waals surface area contributed by atoms with E-state index in [-0.39, 0.29) is 11.9 Å². The fourth-order valence-corrected chi connectivity index (χ4v) is 2.97. The van der Waals surface area contributed by atoms with Crippen molar-refractivity contribution in [3.8, 4) is 0 Å². The number of likely N-dealkylation sites (tertiary alicyclic amines) is 1. The Morgan fingerprint density at radius 3 is 2.67 bits per heavy atom. The maximum Gasteiger partial charge on any atom is 0.319 e. The highest BCUT2D eigenvalue weighted by Crippen LogP contribution is 2.24. The minimum absolute atomic E-state index is 0.104. The minimum Gasteiger partial charge on any atom is -0.468 e. The van der Waals surface area contributed by atoms with Crippen molar-refractivity contribution in [3.63, 3.8) is 0 Å². The van der Waals surface area contributed by atoms with Crippen LogP contribution < -0.4 is 4.90 Å². The highest BCUT2D eigenvalue weighted by Gasteiger charge is 2.37. The molecule has 3 nitrogen and oxygen atoms in total. The Bertz CT molecular complexity index is 391. The van der Waals surface area contributed by atoms with Gasteiger partial charge in [0, 0.05) is 6.42 Å². The van der Waals surface area contributed by atoms with Crippen molar-refractivity contribution in [3.05, 3.63) is 35.9 Å². The molecule has 1 fully saturated rings. The second-order valence-corrected chi connectivity index (χ2v) is 5.11. The monoisotopic (exact) mass is 248 g/mol. The lowest BCUT2D eigenvalue weighted by Gasteiger charge is -2.34. The Hall–Kier alpha value is -1.35. The predicted octanol–water partition coefficient (Wildman–Crippen LogP) is 1.01. The molecule has 0 saturated carbocycles. The van der Waals surface area contributed by atoms with E-state index >= 15 is 0 Å². The first-order chi connectivity index (χ1) is 8.74. The van der Waals surface area contributed by atoms with E-state index in [1.165, 1.54) is 24.9 Å². The quantitative estimate of drug-likeness (QED) is 0.809. The van der Waals surface area contributed by atoms with Crippen LogP contribution in [0.15, 0.2) is 30.3 Å². The molecule has 0 spiro atoms. The third-order valence-electron chi connectivity index (χ3n) is 3.99. The molecule has 1 N–H and O–H groups in total. The van der Waals surface area contributed by atoms with Gasteiger partial charge in [-0.2, -0.15) is 0 Å². The maximum atomic E-state index is 12.1. The van der Waals surface area contributed by atoms with E-state index in [4.69, 9.17) is 4.74 Å². The average molecular weight is 248 g/mol. The summed E-state index contributed by atoms with van der Waals surface area (Å²) in [6.45, 7) is 1.14. The molecule has 3 heteroatoms. The van der Waals surface area contributed by atoms with Gasteiger partial charge in [0.2, 0.25) is 0 Å². The zero-order chi connectivity index (χ0) is 13.0. The number of esters is 1. The average Bonchev–Trinajstić information content (AvgIpc) is 2.42. The number of quaternary nitrogens is 1. The predicted molar refractivity (Wildman–Crippen MR) is 70.6 cm³/mol. The lowest BCUT2D eigenvalue weighted by molar-refractivity contribution is -0.912. The Morgan fingerprint density at radius 2 is 2.06 bits per heavy atom. The molecular formula is C15H22NO2+. The van der Waals surface area contributed by atoms with E-state index in [0.29, 0.717) is 6.04 Å². The topological polar surface area (TPSA) is 30.7 Å². The van der Waals surface area contributed by atoms with Gasteiger partial charge < -0.3 is 9.64 Å². The zero-order valence-electron chi connectivity index (χ0n) is 11.2. The number of hydrogen-bond acceptors (Lipinski definition) is 2. The van der Waals surface area contributed by atoms with Gasteiger partial charge in [-0.05, 0) is 18.4 Å². The van der Waals surface area contributed by atoms with Gasteiger partial charge in [0.15, 0.2) is 0 Å². The summed E-state index contributed by atoms with van der Waals surface area (Å²) in [5.41, 5.74) is 1.08. The maximum absolute atomic E-state index is 12.1. The van der Waals surface area contributed by atoms with Crippen LogP contribution in [-0.2, 0) is 9.53 Å². The van der Waals surface area contributed by atoms with Crippen LogP contribution in [0.1, 0.15) is 30.7 Å². The summed E-state index contributed by atoms with van der Waals surface area (Å²) in [5.74, 6) is -0.232. The van der Waals surface area contributed by atoms with Gasteiger partial charge in [0.25, 0.3) is 0 Å². The van der Waals surface area contributed by atoms with Gasteiger partial charge in [-0.3, -0.25) is 4.79 Å². The number of methoxy groups -OCH3 is 1. The van der Waals surface area contributed by atoms with Gasteiger partial charge in [0.1, 0.15) is 12.0 Å². The third-order valence-corrected chi connectivity index (χ3v) is 3.99. The van der Waals surface area contributed by atoms with Crippen LogP contribution in [0, 0.1) is 0 Å². The molecule has 0 bridgehead atoms. The molecular weight excluding hydrogens is 226 g/mol. The van der Waals surface area contributed by atoms with Gasteiger partial charge in [-0.15, -0.1) is 0 Å². The number of hydrogen-bond donors (Lipinski definition) is 1. The highest BCUT2D eigenvalue weighted by molar-refractivity contribution is 5.78. The fourth-order valence-electron chi connectivity index (χ4n) is 2.97. The fraction of sp³-hybridized carbons (Fsp3) is 0.533. The zero-order valence-corrected chi connectivity index (χ0v) is 11.2. The van der Waals surface area contributed by atoms with Gasteiger partial charge in [-0.1, -0.05) is 30.3 Å². The number of benzene rings is 1. The van der Waals surface area contributed by atoms with Crippen LogP contribution in [-0.4, -0.2) is 32.7 Å². The molecule has 0 radical (unpaired) electrons. The highest BCUT2D eigenvalue weighted by atomic mass is 16.5. The smallest absolute Gasteiger partial charge is 0.319 e. The molecule has 0 amide bonds. The van der Waals surface area contributed by atoms with E-state index in [1.54, 1.807) is 0 Å². The van der Waals surface area contributed by atoms with Crippen molar-refractivity contribution >= 4 is 5.97 Å². The van der Waals surface area contributed by atoms with Crippen LogP contribution in [0.3, 0.4) is 0 Å². The number of rotatable bonds is 3. The normalized spacial score (nSPS) is 25.4. The van der Waals surface area contributed by atoms with Crippen molar-refractivity contribution in [1.29, 1.82) is 0 Å². The summed E-state index contributed by atoms with van der Waals surface area (Å²) in [4.78, 5) is 13.6.